The molecule has 0 aliphatic heterocycles. The molecule has 3 aromatic rings. The van der Waals surface area contributed by atoms with Crippen molar-refractivity contribution in [2.75, 3.05) is 12.0 Å². The Morgan fingerprint density at radius 1 is 1.42 bits per heavy atom. The minimum absolute atomic E-state index is 0.0430. The zero-order chi connectivity index (χ0) is 18.8. The van der Waals surface area contributed by atoms with Crippen molar-refractivity contribution in [2.45, 2.75) is 6.54 Å². The van der Waals surface area contributed by atoms with E-state index >= 15 is 0 Å². The fourth-order valence-corrected chi connectivity index (χ4v) is 2.80. The summed E-state index contributed by atoms with van der Waals surface area (Å²) in [6.07, 6.45) is 1.38. The summed E-state index contributed by atoms with van der Waals surface area (Å²) < 4.78 is 3.39. The van der Waals surface area contributed by atoms with Crippen LogP contribution in [0.4, 0.5) is 5.95 Å². The first-order chi connectivity index (χ1) is 12.4. The molecule has 2 aromatic heterocycles. The number of phenols is 1. The number of aromatic amines is 1. The number of hydrazone groups is 1. The van der Waals surface area contributed by atoms with Gasteiger partial charge in [0.15, 0.2) is 11.2 Å². The summed E-state index contributed by atoms with van der Waals surface area (Å²) in [5.41, 5.74) is 2.24. The number of halogens is 1. The molecule has 136 valence electrons. The lowest BCUT2D eigenvalue weighted by atomic mass is 10.2. The summed E-state index contributed by atoms with van der Waals surface area (Å²) in [5.74, 6) is 0.216. The standard InChI is InChI=1S/C15H15BrN6O4/c1-21-12-11(13(25)19-15(21)26)22(4-5-23)14(18-12)20-17-7-8-6-9(16)2-3-10(8)24/h2-3,6-7,23-24H,4-5H2,1H3,(H,18,20)(H,19,25,26). The zero-order valence-corrected chi connectivity index (χ0v) is 15.2. The Labute approximate surface area is 154 Å². The first-order valence-electron chi connectivity index (χ1n) is 7.50. The highest BCUT2D eigenvalue weighted by molar-refractivity contribution is 9.10. The molecule has 0 atom stereocenters. The van der Waals surface area contributed by atoms with Crippen molar-refractivity contribution in [1.29, 1.82) is 0 Å². The number of aromatic hydroxyl groups is 1. The molecule has 0 bridgehead atoms. The smallest absolute Gasteiger partial charge is 0.329 e. The van der Waals surface area contributed by atoms with E-state index in [1.165, 1.54) is 28.5 Å². The highest BCUT2D eigenvalue weighted by Gasteiger charge is 2.16. The quantitative estimate of drug-likeness (QED) is 0.345. The summed E-state index contributed by atoms with van der Waals surface area (Å²) >= 11 is 3.30. The number of H-pyrrole nitrogens is 1. The molecular formula is C15H15BrN6O4. The second-order valence-corrected chi connectivity index (χ2v) is 6.29. The Morgan fingerprint density at radius 2 is 2.19 bits per heavy atom. The first kappa shape index (κ1) is 17.9. The topological polar surface area (TPSA) is 138 Å². The van der Waals surface area contributed by atoms with Gasteiger partial charge in [0.1, 0.15) is 5.75 Å². The number of nitrogens with one attached hydrogen (secondary N) is 2. The van der Waals surface area contributed by atoms with Crippen LogP contribution in [0.5, 0.6) is 5.75 Å². The maximum Gasteiger partial charge on any atom is 0.329 e. The molecule has 3 rings (SSSR count). The van der Waals surface area contributed by atoms with Crippen molar-refractivity contribution in [2.24, 2.45) is 12.1 Å². The van der Waals surface area contributed by atoms with Crippen LogP contribution < -0.4 is 16.7 Å². The number of nitrogens with zero attached hydrogens (tertiary/aromatic N) is 4. The van der Waals surface area contributed by atoms with Crippen molar-refractivity contribution in [3.05, 3.63) is 49.1 Å². The third kappa shape index (κ3) is 3.26. The SMILES string of the molecule is Cn1c(=O)[nH]c(=O)c2c1nc(NN=Cc1cc(Br)ccc1O)n2CCO. The molecule has 0 spiro atoms. The van der Waals surface area contributed by atoms with Crippen molar-refractivity contribution in [1.82, 2.24) is 19.1 Å². The molecule has 0 saturated heterocycles. The van der Waals surface area contributed by atoms with Gasteiger partial charge in [-0.05, 0) is 18.2 Å². The van der Waals surface area contributed by atoms with E-state index in [0.29, 0.717) is 5.56 Å². The molecule has 4 N–H and O–H groups in total. The molecule has 11 heteroatoms. The zero-order valence-electron chi connectivity index (χ0n) is 13.6. The lowest BCUT2D eigenvalue weighted by Gasteiger charge is -2.05. The molecular weight excluding hydrogens is 408 g/mol. The molecule has 0 radical (unpaired) electrons. The first-order valence-corrected chi connectivity index (χ1v) is 8.29. The number of anilines is 1. The van der Waals surface area contributed by atoms with E-state index in [1.807, 2.05) is 0 Å². The predicted molar refractivity (Wildman–Crippen MR) is 99.7 cm³/mol. The van der Waals surface area contributed by atoms with Gasteiger partial charge in [-0.1, -0.05) is 15.9 Å². The van der Waals surface area contributed by atoms with Gasteiger partial charge >= 0.3 is 5.69 Å². The number of fused-ring (bicyclic) bond motifs is 1. The number of hydrogen-bond donors (Lipinski definition) is 4. The van der Waals surface area contributed by atoms with Crippen LogP contribution in [0.3, 0.4) is 0 Å². The lowest BCUT2D eigenvalue weighted by Crippen LogP contribution is -2.29. The summed E-state index contributed by atoms with van der Waals surface area (Å²) in [6, 6.07) is 4.88. The third-order valence-corrected chi connectivity index (χ3v) is 4.18. The fourth-order valence-electron chi connectivity index (χ4n) is 2.43. The lowest BCUT2D eigenvalue weighted by molar-refractivity contribution is 0.278. The van der Waals surface area contributed by atoms with Gasteiger partial charge < -0.3 is 14.8 Å². The summed E-state index contributed by atoms with van der Waals surface area (Å²) in [4.78, 5) is 30.3. The van der Waals surface area contributed by atoms with Crippen molar-refractivity contribution in [3.8, 4) is 5.75 Å². The van der Waals surface area contributed by atoms with Gasteiger partial charge in [-0.25, -0.2) is 10.2 Å². The van der Waals surface area contributed by atoms with Crippen LogP contribution in [-0.2, 0) is 13.6 Å². The third-order valence-electron chi connectivity index (χ3n) is 3.69. The molecule has 26 heavy (non-hydrogen) atoms. The number of aromatic nitrogens is 4. The van der Waals surface area contributed by atoms with Crippen LogP contribution in [0.15, 0.2) is 37.4 Å². The second kappa shape index (κ2) is 7.14. The summed E-state index contributed by atoms with van der Waals surface area (Å²) in [7, 11) is 1.48. The highest BCUT2D eigenvalue weighted by atomic mass is 79.9. The average molecular weight is 423 g/mol. The van der Waals surface area contributed by atoms with Crippen molar-refractivity contribution < 1.29 is 10.2 Å². The van der Waals surface area contributed by atoms with Gasteiger partial charge in [0.05, 0.1) is 12.8 Å². The largest absolute Gasteiger partial charge is 0.507 e. The monoisotopic (exact) mass is 422 g/mol. The minimum atomic E-state index is -0.606. The number of aryl methyl sites for hydroxylation is 1. The molecule has 0 amide bonds. The molecule has 0 fully saturated rings. The van der Waals surface area contributed by atoms with E-state index in [2.05, 4.69) is 36.4 Å². The number of aliphatic hydroxyl groups is 1. The van der Waals surface area contributed by atoms with E-state index in [1.54, 1.807) is 12.1 Å². The second-order valence-electron chi connectivity index (χ2n) is 5.37. The predicted octanol–water partition coefficient (Wildman–Crippen LogP) is 0.330. The van der Waals surface area contributed by atoms with Gasteiger partial charge in [0, 0.05) is 23.6 Å². The van der Waals surface area contributed by atoms with Crippen LogP contribution in [0.25, 0.3) is 11.2 Å². The Hall–Kier alpha value is -2.92. The molecule has 0 saturated carbocycles. The average Bonchev–Trinajstić information content (AvgIpc) is 2.95. The molecule has 0 unspecified atom stereocenters. The molecule has 1 aromatic carbocycles. The number of benzene rings is 1. The fraction of sp³-hybridized carbons (Fsp3) is 0.200. The van der Waals surface area contributed by atoms with E-state index in [0.717, 1.165) is 4.47 Å². The number of aliphatic hydroxyl groups excluding tert-OH is 1. The Kier molecular flexibility index (Phi) is 4.91. The Balaban J connectivity index is 2.03. The molecule has 0 aliphatic carbocycles. The van der Waals surface area contributed by atoms with E-state index in [-0.39, 0.29) is 36.0 Å². The maximum atomic E-state index is 12.1. The van der Waals surface area contributed by atoms with Gasteiger partial charge in [-0.15, -0.1) is 0 Å². The van der Waals surface area contributed by atoms with Crippen molar-refractivity contribution >= 4 is 39.3 Å². The highest BCUT2D eigenvalue weighted by Crippen LogP contribution is 2.20. The molecule has 0 aliphatic rings. The van der Waals surface area contributed by atoms with E-state index in [4.69, 9.17) is 0 Å². The van der Waals surface area contributed by atoms with Crippen LogP contribution in [0.2, 0.25) is 0 Å². The Bertz CT molecular complexity index is 1110. The normalized spacial score (nSPS) is 11.5. The van der Waals surface area contributed by atoms with Crippen molar-refractivity contribution in [3.63, 3.8) is 0 Å². The maximum absolute atomic E-state index is 12.1. The van der Waals surface area contributed by atoms with Crippen LogP contribution in [0.1, 0.15) is 5.56 Å². The molecule has 10 nitrogen and oxygen atoms in total. The Morgan fingerprint density at radius 3 is 2.92 bits per heavy atom. The number of rotatable bonds is 5. The van der Waals surface area contributed by atoms with Crippen LogP contribution >= 0.6 is 15.9 Å². The van der Waals surface area contributed by atoms with Gasteiger partial charge in [0.2, 0.25) is 5.95 Å². The van der Waals surface area contributed by atoms with Gasteiger partial charge in [-0.2, -0.15) is 10.1 Å². The minimum Gasteiger partial charge on any atom is -0.507 e. The van der Waals surface area contributed by atoms with E-state index < -0.39 is 11.2 Å². The van der Waals surface area contributed by atoms with E-state index in [9.17, 15) is 19.8 Å². The van der Waals surface area contributed by atoms with Gasteiger partial charge in [-0.3, -0.25) is 14.3 Å². The summed E-state index contributed by atoms with van der Waals surface area (Å²) in [6.45, 7) is -0.156. The van der Waals surface area contributed by atoms with Crippen LogP contribution in [-0.4, -0.2) is 42.1 Å². The number of hydrogen-bond acceptors (Lipinski definition) is 7. The summed E-state index contributed by atoms with van der Waals surface area (Å²) in [5, 5.41) is 23.1. The number of imidazole rings is 1. The molecule has 2 heterocycles. The van der Waals surface area contributed by atoms with Gasteiger partial charge in [0.25, 0.3) is 5.56 Å². The number of phenolic OH excluding ortho intramolecular Hbond substituents is 1. The van der Waals surface area contributed by atoms with Crippen LogP contribution in [0, 0.1) is 0 Å².